The van der Waals surface area contributed by atoms with Crippen LogP contribution in [0.2, 0.25) is 5.02 Å². The fourth-order valence-electron chi connectivity index (χ4n) is 3.08. The molecule has 1 aliphatic heterocycles. The Balaban J connectivity index is 1.92. The number of nitrogens with zero attached hydrogens (tertiary/aromatic N) is 1. The second-order valence-corrected chi connectivity index (χ2v) is 8.15. The summed E-state index contributed by atoms with van der Waals surface area (Å²) in [4.78, 5) is 0.371. The number of hydrogen-bond donors (Lipinski definition) is 0. The van der Waals surface area contributed by atoms with Gasteiger partial charge in [-0.05, 0) is 54.7 Å². The minimum Gasteiger partial charge on any atom is -0.207 e. The highest BCUT2D eigenvalue weighted by Crippen LogP contribution is 2.36. The van der Waals surface area contributed by atoms with Gasteiger partial charge in [0, 0.05) is 11.6 Å². The molecule has 0 amide bonds. The predicted molar refractivity (Wildman–Crippen MR) is 93.1 cm³/mol. The Kier molecular flexibility index (Phi) is 4.76. The van der Waals surface area contributed by atoms with Crippen LogP contribution in [0.25, 0.3) is 0 Å². The summed E-state index contributed by atoms with van der Waals surface area (Å²) in [5.74, 6) is 0. The molecule has 3 rings (SSSR count). The number of halogens is 1. The monoisotopic (exact) mass is 349 g/mol. The SMILES string of the molecule is CCc1ccc(S(=O)(=O)N2CCC[C@H]2c2ccc(Cl)cc2)cc1. The van der Waals surface area contributed by atoms with Gasteiger partial charge in [0.1, 0.15) is 0 Å². The second kappa shape index (κ2) is 6.63. The van der Waals surface area contributed by atoms with E-state index >= 15 is 0 Å². The van der Waals surface area contributed by atoms with Crippen molar-refractivity contribution in [3.8, 4) is 0 Å². The summed E-state index contributed by atoms with van der Waals surface area (Å²) < 4.78 is 27.6. The quantitative estimate of drug-likeness (QED) is 0.818. The molecule has 0 bridgehead atoms. The Morgan fingerprint density at radius 3 is 2.35 bits per heavy atom. The lowest BCUT2D eigenvalue weighted by atomic mass is 10.1. The molecule has 0 aromatic heterocycles. The van der Waals surface area contributed by atoms with Crippen molar-refractivity contribution in [1.29, 1.82) is 0 Å². The second-order valence-electron chi connectivity index (χ2n) is 5.82. The number of sulfonamides is 1. The molecule has 2 aromatic carbocycles. The molecule has 0 spiro atoms. The fraction of sp³-hybridized carbons (Fsp3) is 0.333. The van der Waals surface area contributed by atoms with Gasteiger partial charge in [-0.2, -0.15) is 4.31 Å². The van der Waals surface area contributed by atoms with E-state index in [0.29, 0.717) is 16.5 Å². The van der Waals surface area contributed by atoms with Crippen molar-refractivity contribution in [3.05, 3.63) is 64.7 Å². The molecule has 1 fully saturated rings. The first kappa shape index (κ1) is 16.5. The first-order chi connectivity index (χ1) is 11.0. The van der Waals surface area contributed by atoms with Crippen LogP contribution in [0.4, 0.5) is 0 Å². The summed E-state index contributed by atoms with van der Waals surface area (Å²) in [5.41, 5.74) is 2.14. The van der Waals surface area contributed by atoms with E-state index in [0.717, 1.165) is 30.4 Å². The molecule has 5 heteroatoms. The normalized spacial score (nSPS) is 19.1. The summed E-state index contributed by atoms with van der Waals surface area (Å²) in [6.07, 6.45) is 2.62. The standard InChI is InChI=1S/C18H20ClNO2S/c1-2-14-5-11-17(12-6-14)23(21,22)20-13-3-4-18(20)15-7-9-16(19)10-8-15/h5-12,18H,2-4,13H2,1H3/t18-/m0/s1. The first-order valence-electron chi connectivity index (χ1n) is 7.88. The maximum atomic E-state index is 13.0. The molecule has 0 radical (unpaired) electrons. The highest BCUT2D eigenvalue weighted by molar-refractivity contribution is 7.89. The van der Waals surface area contributed by atoms with Gasteiger partial charge in [0.25, 0.3) is 0 Å². The maximum Gasteiger partial charge on any atom is 0.243 e. The van der Waals surface area contributed by atoms with Crippen molar-refractivity contribution >= 4 is 21.6 Å². The van der Waals surface area contributed by atoms with Crippen LogP contribution in [0.3, 0.4) is 0 Å². The first-order valence-corrected chi connectivity index (χ1v) is 9.70. The van der Waals surface area contributed by atoms with Crippen molar-refractivity contribution in [1.82, 2.24) is 4.31 Å². The smallest absolute Gasteiger partial charge is 0.207 e. The van der Waals surface area contributed by atoms with Gasteiger partial charge >= 0.3 is 0 Å². The summed E-state index contributed by atoms with van der Waals surface area (Å²) in [5, 5.41) is 0.663. The fourth-order valence-corrected chi connectivity index (χ4v) is 4.89. The Labute approximate surface area is 142 Å². The molecule has 0 aliphatic carbocycles. The van der Waals surface area contributed by atoms with Gasteiger partial charge in [-0.25, -0.2) is 8.42 Å². The number of aryl methyl sites for hydroxylation is 1. The summed E-state index contributed by atoms with van der Waals surface area (Å²) in [7, 11) is -3.47. The predicted octanol–water partition coefficient (Wildman–Crippen LogP) is 4.43. The van der Waals surface area contributed by atoms with E-state index in [2.05, 4.69) is 6.92 Å². The van der Waals surface area contributed by atoms with E-state index < -0.39 is 10.0 Å². The minimum absolute atomic E-state index is 0.108. The van der Waals surface area contributed by atoms with Gasteiger partial charge in [-0.15, -0.1) is 0 Å². The van der Waals surface area contributed by atoms with Crippen LogP contribution in [0.1, 0.15) is 36.9 Å². The molecular weight excluding hydrogens is 330 g/mol. The maximum absolute atomic E-state index is 13.0. The molecule has 23 heavy (non-hydrogen) atoms. The van der Waals surface area contributed by atoms with E-state index in [9.17, 15) is 8.42 Å². The topological polar surface area (TPSA) is 37.4 Å². The van der Waals surface area contributed by atoms with E-state index in [-0.39, 0.29) is 6.04 Å². The molecular formula is C18H20ClNO2S. The molecule has 2 aromatic rings. The van der Waals surface area contributed by atoms with Gasteiger partial charge in [0.15, 0.2) is 0 Å². The third-order valence-electron chi connectivity index (χ3n) is 4.40. The molecule has 0 saturated carbocycles. The average molecular weight is 350 g/mol. The lowest BCUT2D eigenvalue weighted by molar-refractivity contribution is 0.396. The van der Waals surface area contributed by atoms with Crippen molar-refractivity contribution in [3.63, 3.8) is 0 Å². The van der Waals surface area contributed by atoms with Crippen molar-refractivity contribution < 1.29 is 8.42 Å². The van der Waals surface area contributed by atoms with Crippen LogP contribution in [-0.4, -0.2) is 19.3 Å². The van der Waals surface area contributed by atoms with Gasteiger partial charge < -0.3 is 0 Å². The molecule has 1 atom stereocenters. The summed E-state index contributed by atoms with van der Waals surface area (Å²) >= 11 is 5.94. The van der Waals surface area contributed by atoms with Gasteiger partial charge in [-0.3, -0.25) is 0 Å². The van der Waals surface area contributed by atoms with E-state index in [1.807, 2.05) is 36.4 Å². The highest BCUT2D eigenvalue weighted by atomic mass is 35.5. The Morgan fingerprint density at radius 2 is 1.74 bits per heavy atom. The van der Waals surface area contributed by atoms with Crippen LogP contribution in [0.15, 0.2) is 53.4 Å². The number of hydrogen-bond acceptors (Lipinski definition) is 2. The van der Waals surface area contributed by atoms with E-state index in [1.165, 1.54) is 0 Å². The molecule has 122 valence electrons. The number of benzene rings is 2. The zero-order chi connectivity index (χ0) is 16.4. The minimum atomic E-state index is -3.47. The lowest BCUT2D eigenvalue weighted by Crippen LogP contribution is -2.30. The zero-order valence-corrected chi connectivity index (χ0v) is 14.6. The highest BCUT2D eigenvalue weighted by Gasteiger charge is 2.36. The largest absolute Gasteiger partial charge is 0.243 e. The Morgan fingerprint density at radius 1 is 1.09 bits per heavy atom. The lowest BCUT2D eigenvalue weighted by Gasteiger charge is -2.24. The van der Waals surface area contributed by atoms with Gasteiger partial charge in [0.05, 0.1) is 10.9 Å². The van der Waals surface area contributed by atoms with E-state index in [4.69, 9.17) is 11.6 Å². The van der Waals surface area contributed by atoms with Crippen LogP contribution in [-0.2, 0) is 16.4 Å². The van der Waals surface area contributed by atoms with Crippen LogP contribution in [0, 0.1) is 0 Å². The van der Waals surface area contributed by atoms with Gasteiger partial charge in [-0.1, -0.05) is 42.8 Å². The molecule has 1 aliphatic rings. The van der Waals surface area contributed by atoms with Crippen LogP contribution < -0.4 is 0 Å². The number of rotatable bonds is 4. The summed E-state index contributed by atoms with van der Waals surface area (Å²) in [6.45, 7) is 2.62. The van der Waals surface area contributed by atoms with Crippen molar-refractivity contribution in [2.24, 2.45) is 0 Å². The zero-order valence-electron chi connectivity index (χ0n) is 13.1. The molecule has 0 unspecified atom stereocenters. The van der Waals surface area contributed by atoms with E-state index in [1.54, 1.807) is 16.4 Å². The van der Waals surface area contributed by atoms with Crippen molar-refractivity contribution in [2.75, 3.05) is 6.54 Å². The third kappa shape index (κ3) is 3.30. The van der Waals surface area contributed by atoms with Crippen molar-refractivity contribution in [2.45, 2.75) is 37.1 Å². The molecule has 1 saturated heterocycles. The average Bonchev–Trinajstić information content (AvgIpc) is 3.06. The van der Waals surface area contributed by atoms with Crippen LogP contribution >= 0.6 is 11.6 Å². The molecule has 1 heterocycles. The summed E-state index contributed by atoms with van der Waals surface area (Å²) in [6, 6.07) is 14.6. The molecule has 0 N–H and O–H groups in total. The Hall–Kier alpha value is -1.36. The Bertz CT molecular complexity index is 770. The van der Waals surface area contributed by atoms with Crippen LogP contribution in [0.5, 0.6) is 0 Å². The van der Waals surface area contributed by atoms with Gasteiger partial charge in [0.2, 0.25) is 10.0 Å². The molecule has 3 nitrogen and oxygen atoms in total. The third-order valence-corrected chi connectivity index (χ3v) is 6.57.